The van der Waals surface area contributed by atoms with Crippen molar-refractivity contribution in [1.29, 1.82) is 0 Å². The summed E-state index contributed by atoms with van der Waals surface area (Å²) in [6.45, 7) is 6.01. The van der Waals surface area contributed by atoms with Gasteiger partial charge >= 0.3 is 5.97 Å². The number of aliphatic hydroxyl groups excluding tert-OH is 5. The Kier molecular flexibility index (Phi) is 9.82. The van der Waals surface area contributed by atoms with Crippen LogP contribution in [0.4, 0.5) is 0 Å². The Labute approximate surface area is 287 Å². The Morgan fingerprint density at radius 2 is 1.61 bits per heavy atom. The van der Waals surface area contributed by atoms with Crippen molar-refractivity contribution in [2.45, 2.75) is 152 Å². The number of methoxy groups -OCH3 is 1. The Hall–Kier alpha value is -1.23. The molecule has 0 amide bonds. The Morgan fingerprint density at radius 3 is 2.31 bits per heavy atom. The monoisotopic (exact) mass is 696 g/mol. The molecule has 7 aliphatic rings. The fraction of sp³-hybridized carbons (Fsp3) is 0.917. The van der Waals surface area contributed by atoms with E-state index in [1.165, 1.54) is 7.11 Å². The molecule has 0 unspecified atom stereocenters. The minimum atomic E-state index is -1.52. The van der Waals surface area contributed by atoms with Crippen LogP contribution in [-0.4, -0.2) is 130 Å². The maximum atomic E-state index is 12.5. The molecule has 0 spiro atoms. The van der Waals surface area contributed by atoms with Crippen LogP contribution >= 0.6 is 0 Å². The van der Waals surface area contributed by atoms with Gasteiger partial charge in [0.1, 0.15) is 49.3 Å². The first-order valence-corrected chi connectivity index (χ1v) is 18.3. The van der Waals surface area contributed by atoms with Crippen molar-refractivity contribution in [2.75, 3.05) is 20.3 Å². The molecule has 6 N–H and O–H groups in total. The van der Waals surface area contributed by atoms with Gasteiger partial charge in [-0.1, -0.05) is 13.8 Å². The normalized spacial score (nSPS) is 54.4. The second-order valence-electron chi connectivity index (χ2n) is 16.5. The van der Waals surface area contributed by atoms with Gasteiger partial charge in [-0.15, -0.1) is 0 Å². The van der Waals surface area contributed by atoms with Gasteiger partial charge < -0.3 is 59.1 Å². The average molecular weight is 697 g/mol. The molecular weight excluding hydrogens is 640 g/mol. The fourth-order valence-corrected chi connectivity index (χ4v) is 11.6. The third-order valence-electron chi connectivity index (χ3n) is 14.4. The molecule has 4 aliphatic carbocycles. The smallest absolute Gasteiger partial charge is 0.331 e. The summed E-state index contributed by atoms with van der Waals surface area (Å²) in [5.74, 6) is 0.789. The molecule has 2 saturated heterocycles. The zero-order chi connectivity index (χ0) is 35.0. The first-order valence-electron chi connectivity index (χ1n) is 18.3. The molecule has 7 rings (SSSR count). The number of carbonyl (C=O) groups is 1. The van der Waals surface area contributed by atoms with Gasteiger partial charge in [-0.2, -0.15) is 0 Å². The van der Waals surface area contributed by atoms with Crippen molar-refractivity contribution in [3.05, 3.63) is 11.6 Å². The minimum absolute atomic E-state index is 0.0212. The van der Waals surface area contributed by atoms with Crippen LogP contribution in [0, 0.1) is 34.5 Å². The Bertz CT molecular complexity index is 1260. The van der Waals surface area contributed by atoms with Crippen LogP contribution in [0.15, 0.2) is 11.6 Å². The molecule has 278 valence electrons. The van der Waals surface area contributed by atoms with Crippen molar-refractivity contribution in [2.24, 2.45) is 34.5 Å². The third-order valence-corrected chi connectivity index (χ3v) is 14.4. The predicted molar refractivity (Wildman–Crippen MR) is 170 cm³/mol. The number of carbonyl (C=O) groups excluding carboxylic acids is 1. The molecule has 3 heterocycles. The first-order chi connectivity index (χ1) is 23.3. The van der Waals surface area contributed by atoms with Crippen molar-refractivity contribution in [1.82, 2.24) is 0 Å². The second-order valence-corrected chi connectivity index (χ2v) is 16.5. The summed E-state index contributed by atoms with van der Waals surface area (Å²) in [7, 11) is 1.35. The van der Waals surface area contributed by atoms with Crippen molar-refractivity contribution in [3.63, 3.8) is 0 Å². The van der Waals surface area contributed by atoms with Crippen LogP contribution < -0.4 is 0 Å². The minimum Gasteiger partial charge on any atom is -0.458 e. The summed E-state index contributed by atoms with van der Waals surface area (Å²) >= 11 is 0. The highest BCUT2D eigenvalue weighted by molar-refractivity contribution is 5.85. The summed E-state index contributed by atoms with van der Waals surface area (Å²) in [6, 6.07) is 0. The van der Waals surface area contributed by atoms with E-state index in [0.717, 1.165) is 63.4 Å². The van der Waals surface area contributed by atoms with Crippen LogP contribution in [0.2, 0.25) is 0 Å². The molecule has 0 aromatic rings. The summed E-state index contributed by atoms with van der Waals surface area (Å²) < 4.78 is 34.4. The number of fused-ring (bicyclic) bond motifs is 5. The summed E-state index contributed by atoms with van der Waals surface area (Å²) in [6.07, 6.45) is -2.84. The number of ether oxygens (including phenoxy) is 6. The first kappa shape index (κ1) is 36.1. The van der Waals surface area contributed by atoms with Gasteiger partial charge in [0.25, 0.3) is 0 Å². The Balaban J connectivity index is 0.990. The summed E-state index contributed by atoms with van der Waals surface area (Å²) in [5, 5.41) is 66.0. The number of esters is 1. The molecule has 0 bridgehead atoms. The highest BCUT2D eigenvalue weighted by Gasteiger charge is 2.68. The van der Waals surface area contributed by atoms with Crippen LogP contribution in [-0.2, 0) is 33.2 Å². The van der Waals surface area contributed by atoms with Crippen LogP contribution in [0.1, 0.15) is 78.6 Å². The van der Waals surface area contributed by atoms with Crippen molar-refractivity contribution in [3.8, 4) is 0 Å². The molecule has 49 heavy (non-hydrogen) atoms. The fourth-order valence-electron chi connectivity index (χ4n) is 11.6. The standard InChI is InChI=1S/C36H56O13/c1-17-26(39)31(44-4)29(42)33(46-17)49-30-24(15-37)48-32(28(41)27(30)40)47-20-7-10-34(2)19(14-20)5-6-23-22(34)8-11-35(3)21(9-12-36(23,35)43)18-13-25(38)45-16-18/h13,17,19-24,26-33,37,39-43H,5-12,14-16H2,1-4H3/t17-,19-,20+,21-,22+,23-,24-,26+,27-,28-,29-,30-,31+,32-,33+,34+,35-,36+/m1/s1. The quantitative estimate of drug-likeness (QED) is 0.163. The number of hydrogen-bond acceptors (Lipinski definition) is 13. The van der Waals surface area contributed by atoms with Crippen LogP contribution in [0.25, 0.3) is 0 Å². The van der Waals surface area contributed by atoms with Gasteiger partial charge in [-0.25, -0.2) is 4.79 Å². The van der Waals surface area contributed by atoms with E-state index >= 15 is 0 Å². The maximum absolute atomic E-state index is 12.5. The van der Waals surface area contributed by atoms with Crippen molar-refractivity contribution >= 4 is 5.97 Å². The van der Waals surface area contributed by atoms with E-state index < -0.39 is 73.6 Å². The average Bonchev–Trinajstić information content (AvgIpc) is 3.62. The van der Waals surface area contributed by atoms with Gasteiger partial charge in [0.15, 0.2) is 12.6 Å². The molecule has 0 aromatic carbocycles. The third kappa shape index (κ3) is 5.74. The van der Waals surface area contributed by atoms with Gasteiger partial charge in [-0.3, -0.25) is 0 Å². The van der Waals surface area contributed by atoms with E-state index in [0.29, 0.717) is 18.4 Å². The van der Waals surface area contributed by atoms with E-state index in [1.54, 1.807) is 13.0 Å². The van der Waals surface area contributed by atoms with E-state index in [2.05, 4.69) is 13.8 Å². The molecule has 4 saturated carbocycles. The lowest BCUT2D eigenvalue weighted by atomic mass is 9.43. The summed E-state index contributed by atoms with van der Waals surface area (Å²) in [5.41, 5.74) is -0.0206. The highest BCUT2D eigenvalue weighted by atomic mass is 16.7. The van der Waals surface area contributed by atoms with Crippen LogP contribution in [0.3, 0.4) is 0 Å². The van der Waals surface area contributed by atoms with Gasteiger partial charge in [0.2, 0.25) is 0 Å². The molecule has 6 fully saturated rings. The van der Waals surface area contributed by atoms with Gasteiger partial charge in [-0.05, 0) is 99.4 Å². The number of hydrogen-bond donors (Lipinski definition) is 6. The molecule has 13 nitrogen and oxygen atoms in total. The topological polar surface area (TPSA) is 194 Å². The number of aliphatic hydroxyl groups is 6. The molecule has 18 atom stereocenters. The molecule has 0 aromatic heterocycles. The lowest BCUT2D eigenvalue weighted by molar-refractivity contribution is -0.362. The van der Waals surface area contributed by atoms with Crippen LogP contribution in [0.5, 0.6) is 0 Å². The molecule has 0 radical (unpaired) electrons. The van der Waals surface area contributed by atoms with E-state index in [9.17, 15) is 35.4 Å². The van der Waals surface area contributed by atoms with E-state index in [1.807, 2.05) is 0 Å². The SMILES string of the molecule is CO[C@H]1[C@@H](O)[C@@H](C)O[C@@H](O[C@H]2[C@H](O)[C@@H](O)[C@H](O[C@H]3CC[C@@]4(C)[C@H](CC[C@@H]5[C@@H]4CC[C@]4(C)[C@@H](C6=CC(=O)OC6)CC[C@]54O)C3)O[C@@H]2CO)[C@@H]1O. The number of rotatable bonds is 7. The molecule has 3 aliphatic heterocycles. The highest BCUT2D eigenvalue weighted by Crippen LogP contribution is 2.70. The van der Waals surface area contributed by atoms with E-state index in [4.69, 9.17) is 28.4 Å². The van der Waals surface area contributed by atoms with Crippen molar-refractivity contribution < 1.29 is 63.9 Å². The zero-order valence-electron chi connectivity index (χ0n) is 29.1. The Morgan fingerprint density at radius 1 is 0.857 bits per heavy atom. The molecule has 13 heteroatoms. The second kappa shape index (κ2) is 13.3. The van der Waals surface area contributed by atoms with E-state index in [-0.39, 0.29) is 34.7 Å². The zero-order valence-corrected chi connectivity index (χ0v) is 29.1. The lowest BCUT2D eigenvalue weighted by Gasteiger charge is -2.64. The maximum Gasteiger partial charge on any atom is 0.331 e. The molecular formula is C36H56O13. The van der Waals surface area contributed by atoms with Gasteiger partial charge in [0, 0.05) is 18.6 Å². The summed E-state index contributed by atoms with van der Waals surface area (Å²) in [4.78, 5) is 11.9. The van der Waals surface area contributed by atoms with Gasteiger partial charge in [0.05, 0.1) is 24.4 Å². The predicted octanol–water partition coefficient (Wildman–Crippen LogP) is 0.934. The lowest BCUT2D eigenvalue weighted by Crippen LogP contribution is -2.65. The number of cyclic esters (lactones) is 1. The largest absolute Gasteiger partial charge is 0.458 e.